The number of nitrogens with one attached hydrogen (secondary N) is 2. The Hall–Kier alpha value is -2.67. The first-order valence-corrected chi connectivity index (χ1v) is 7.91. The van der Waals surface area contributed by atoms with Gasteiger partial charge in [0.05, 0.1) is 0 Å². The minimum atomic E-state index is -0.547. The molecule has 2 atom stereocenters. The van der Waals surface area contributed by atoms with Gasteiger partial charge >= 0.3 is 0 Å². The van der Waals surface area contributed by atoms with Crippen molar-refractivity contribution in [3.05, 3.63) is 41.7 Å². The van der Waals surface area contributed by atoms with E-state index in [1.54, 1.807) is 14.0 Å². The Morgan fingerprint density at radius 1 is 1.33 bits per heavy atom. The first-order chi connectivity index (χ1) is 11.5. The van der Waals surface area contributed by atoms with Crippen molar-refractivity contribution >= 4 is 11.8 Å². The summed E-state index contributed by atoms with van der Waals surface area (Å²) in [6, 6.07) is 8.84. The summed E-state index contributed by atoms with van der Waals surface area (Å²) in [5.74, 6) is 0.164. The van der Waals surface area contributed by atoms with Crippen LogP contribution < -0.4 is 11.1 Å². The number of aryl methyl sites for hydroxylation is 1. The van der Waals surface area contributed by atoms with E-state index >= 15 is 0 Å². The molecule has 1 aliphatic rings. The Morgan fingerprint density at radius 3 is 2.71 bits per heavy atom. The monoisotopic (exact) mass is 327 g/mol. The molecule has 0 bridgehead atoms. The maximum Gasteiger partial charge on any atom is 0.275 e. The molecule has 2 heterocycles. The van der Waals surface area contributed by atoms with Crippen molar-refractivity contribution in [2.75, 3.05) is 13.6 Å². The Kier molecular flexibility index (Phi) is 4.35. The van der Waals surface area contributed by atoms with Gasteiger partial charge in [-0.2, -0.15) is 0 Å². The number of benzene rings is 1. The summed E-state index contributed by atoms with van der Waals surface area (Å²) >= 11 is 0. The maximum atomic E-state index is 12.9. The second-order valence-corrected chi connectivity index (χ2v) is 6.01. The van der Waals surface area contributed by atoms with E-state index in [4.69, 9.17) is 5.73 Å². The summed E-state index contributed by atoms with van der Waals surface area (Å²) in [5, 5.41) is 2.59. The summed E-state index contributed by atoms with van der Waals surface area (Å²) in [6.45, 7) is 2.15. The van der Waals surface area contributed by atoms with Crippen molar-refractivity contribution in [1.29, 1.82) is 0 Å². The van der Waals surface area contributed by atoms with Crippen LogP contribution in [0.15, 0.2) is 30.3 Å². The van der Waals surface area contributed by atoms with E-state index in [1.807, 2.05) is 30.3 Å². The number of likely N-dealkylation sites (N-methyl/N-ethyl adjacent to an activating group) is 1. The number of nitrogens with two attached hydrogens (primary N) is 1. The number of nitrogens with zero attached hydrogens (tertiary/aromatic N) is 2. The minimum absolute atomic E-state index is 0.201. The van der Waals surface area contributed by atoms with E-state index in [1.165, 1.54) is 4.90 Å². The third kappa shape index (κ3) is 2.90. The van der Waals surface area contributed by atoms with Crippen LogP contribution in [0.25, 0.3) is 11.4 Å². The second kappa shape index (κ2) is 6.45. The summed E-state index contributed by atoms with van der Waals surface area (Å²) in [5.41, 5.74) is 7.87. The first kappa shape index (κ1) is 16.2. The number of carbonyl (C=O) groups excluding carboxylic acids is 2. The van der Waals surface area contributed by atoms with Crippen molar-refractivity contribution in [1.82, 2.24) is 20.2 Å². The molecule has 2 aromatic rings. The predicted molar refractivity (Wildman–Crippen MR) is 90.2 cm³/mol. The highest BCUT2D eigenvalue weighted by molar-refractivity contribution is 5.98. The SMILES string of the molecule is CNC(=O)[C@@H]1C[C@@H](N)CN1C(=O)c1nc(-c2ccccc2)[nH]c1C. The molecule has 1 fully saturated rings. The van der Waals surface area contributed by atoms with E-state index in [0.717, 1.165) is 5.56 Å². The van der Waals surface area contributed by atoms with Crippen molar-refractivity contribution in [3.63, 3.8) is 0 Å². The third-order valence-corrected chi connectivity index (χ3v) is 4.28. The fourth-order valence-electron chi connectivity index (χ4n) is 3.05. The van der Waals surface area contributed by atoms with Gasteiger partial charge in [-0.25, -0.2) is 4.98 Å². The Morgan fingerprint density at radius 2 is 2.04 bits per heavy atom. The molecule has 1 aliphatic heterocycles. The first-order valence-electron chi connectivity index (χ1n) is 7.91. The Labute approximate surface area is 140 Å². The summed E-state index contributed by atoms with van der Waals surface area (Å²) in [4.78, 5) is 34.0. The van der Waals surface area contributed by atoms with Crippen LogP contribution in [0.2, 0.25) is 0 Å². The van der Waals surface area contributed by atoms with Gasteiger partial charge in [0.15, 0.2) is 0 Å². The van der Waals surface area contributed by atoms with Crippen LogP contribution in [-0.4, -0.2) is 52.4 Å². The summed E-state index contributed by atoms with van der Waals surface area (Å²) in [7, 11) is 1.56. The van der Waals surface area contributed by atoms with Crippen LogP contribution in [0, 0.1) is 6.92 Å². The molecule has 2 amide bonds. The van der Waals surface area contributed by atoms with Crippen LogP contribution in [0.3, 0.4) is 0 Å². The lowest BCUT2D eigenvalue weighted by atomic mass is 10.1. The average Bonchev–Trinajstić information content (AvgIpc) is 3.17. The van der Waals surface area contributed by atoms with Gasteiger partial charge in [-0.05, 0) is 13.3 Å². The van der Waals surface area contributed by atoms with Crippen LogP contribution in [0.4, 0.5) is 0 Å². The second-order valence-electron chi connectivity index (χ2n) is 6.01. The number of carbonyl (C=O) groups is 2. The van der Waals surface area contributed by atoms with E-state index < -0.39 is 6.04 Å². The predicted octanol–water partition coefficient (Wildman–Crippen LogP) is 0.673. The Balaban J connectivity index is 1.90. The maximum absolute atomic E-state index is 12.9. The zero-order chi connectivity index (χ0) is 17.3. The van der Waals surface area contributed by atoms with E-state index in [2.05, 4.69) is 15.3 Å². The van der Waals surface area contributed by atoms with Gasteiger partial charge in [-0.3, -0.25) is 9.59 Å². The lowest BCUT2D eigenvalue weighted by molar-refractivity contribution is -0.124. The number of H-pyrrole nitrogens is 1. The summed E-state index contributed by atoms with van der Waals surface area (Å²) in [6.07, 6.45) is 0.459. The number of hydrogen-bond donors (Lipinski definition) is 3. The number of imidazole rings is 1. The number of hydrogen-bond acceptors (Lipinski definition) is 4. The van der Waals surface area contributed by atoms with Gasteiger partial charge < -0.3 is 20.9 Å². The zero-order valence-corrected chi connectivity index (χ0v) is 13.7. The highest BCUT2D eigenvalue weighted by Gasteiger charge is 2.39. The third-order valence-electron chi connectivity index (χ3n) is 4.28. The molecule has 126 valence electrons. The topological polar surface area (TPSA) is 104 Å². The quantitative estimate of drug-likeness (QED) is 0.771. The molecular formula is C17H21N5O2. The fraction of sp³-hybridized carbons (Fsp3) is 0.353. The zero-order valence-electron chi connectivity index (χ0n) is 13.7. The van der Waals surface area contributed by atoms with Gasteiger partial charge in [0.2, 0.25) is 5.91 Å². The van der Waals surface area contributed by atoms with E-state index in [0.29, 0.717) is 30.2 Å². The van der Waals surface area contributed by atoms with Crippen molar-refractivity contribution in [3.8, 4) is 11.4 Å². The van der Waals surface area contributed by atoms with Crippen molar-refractivity contribution in [2.45, 2.75) is 25.4 Å². The van der Waals surface area contributed by atoms with Crippen LogP contribution in [0.5, 0.6) is 0 Å². The smallest absolute Gasteiger partial charge is 0.275 e. The molecule has 0 aliphatic carbocycles. The number of likely N-dealkylation sites (tertiary alicyclic amines) is 1. The molecule has 1 saturated heterocycles. The van der Waals surface area contributed by atoms with E-state index in [-0.39, 0.29) is 17.9 Å². The molecule has 0 spiro atoms. The molecular weight excluding hydrogens is 306 g/mol. The van der Waals surface area contributed by atoms with Gasteiger partial charge in [0.25, 0.3) is 5.91 Å². The minimum Gasteiger partial charge on any atom is -0.357 e. The molecule has 7 nitrogen and oxygen atoms in total. The van der Waals surface area contributed by atoms with Gasteiger partial charge in [-0.1, -0.05) is 30.3 Å². The normalized spacial score (nSPS) is 20.2. The average molecular weight is 327 g/mol. The molecule has 0 saturated carbocycles. The Bertz CT molecular complexity index is 756. The standard InChI is InChI=1S/C17H21N5O2/c1-10-14(21-15(20-10)11-6-4-3-5-7-11)17(24)22-9-12(18)8-13(22)16(23)19-2/h3-7,12-13H,8-9,18H2,1-2H3,(H,19,23)(H,20,21)/t12-,13+/m1/s1. The van der Waals surface area contributed by atoms with Gasteiger partial charge in [0, 0.05) is 30.9 Å². The van der Waals surface area contributed by atoms with Gasteiger partial charge in [0.1, 0.15) is 17.6 Å². The number of rotatable bonds is 3. The lowest BCUT2D eigenvalue weighted by Gasteiger charge is -2.22. The fourth-order valence-corrected chi connectivity index (χ4v) is 3.05. The lowest BCUT2D eigenvalue weighted by Crippen LogP contribution is -2.45. The van der Waals surface area contributed by atoms with Crippen molar-refractivity contribution in [2.24, 2.45) is 5.73 Å². The molecule has 7 heteroatoms. The highest BCUT2D eigenvalue weighted by Crippen LogP contribution is 2.23. The molecule has 4 N–H and O–H groups in total. The molecule has 3 rings (SSSR count). The van der Waals surface area contributed by atoms with Gasteiger partial charge in [-0.15, -0.1) is 0 Å². The number of aromatic amines is 1. The van der Waals surface area contributed by atoms with Crippen molar-refractivity contribution < 1.29 is 9.59 Å². The number of amides is 2. The van der Waals surface area contributed by atoms with Crippen LogP contribution in [0.1, 0.15) is 22.6 Å². The van der Waals surface area contributed by atoms with E-state index in [9.17, 15) is 9.59 Å². The molecule has 0 unspecified atom stereocenters. The van der Waals surface area contributed by atoms with Crippen LogP contribution >= 0.6 is 0 Å². The van der Waals surface area contributed by atoms with Crippen LogP contribution in [-0.2, 0) is 4.79 Å². The summed E-state index contributed by atoms with van der Waals surface area (Å²) < 4.78 is 0. The molecule has 1 aromatic carbocycles. The molecule has 24 heavy (non-hydrogen) atoms. The largest absolute Gasteiger partial charge is 0.357 e. The molecule has 0 radical (unpaired) electrons. The number of aromatic nitrogens is 2. The highest BCUT2D eigenvalue weighted by atomic mass is 16.2. The molecule has 1 aromatic heterocycles.